The molecular formula is C12H24N2O4. The highest BCUT2D eigenvalue weighted by molar-refractivity contribution is 5.80. The third kappa shape index (κ3) is 5.35. The van der Waals surface area contributed by atoms with Gasteiger partial charge in [0, 0.05) is 26.7 Å². The van der Waals surface area contributed by atoms with Crippen LogP contribution >= 0.6 is 0 Å². The van der Waals surface area contributed by atoms with Gasteiger partial charge in [0.05, 0.1) is 6.61 Å². The molecule has 106 valence electrons. The van der Waals surface area contributed by atoms with Gasteiger partial charge in [0.1, 0.15) is 6.54 Å². The van der Waals surface area contributed by atoms with Gasteiger partial charge in [-0.1, -0.05) is 13.8 Å². The van der Waals surface area contributed by atoms with E-state index in [1.807, 2.05) is 20.8 Å². The molecule has 0 saturated heterocycles. The molecule has 0 saturated carbocycles. The van der Waals surface area contributed by atoms with E-state index in [4.69, 9.17) is 9.84 Å². The molecule has 2 amide bonds. The zero-order valence-corrected chi connectivity index (χ0v) is 11.8. The van der Waals surface area contributed by atoms with E-state index in [1.165, 1.54) is 12.0 Å². The second kappa shape index (κ2) is 7.92. The van der Waals surface area contributed by atoms with E-state index in [2.05, 4.69) is 0 Å². The summed E-state index contributed by atoms with van der Waals surface area (Å²) in [4.78, 5) is 25.8. The van der Waals surface area contributed by atoms with Crippen molar-refractivity contribution in [3.8, 4) is 0 Å². The zero-order chi connectivity index (χ0) is 14.3. The molecule has 0 aliphatic heterocycles. The number of aliphatic carboxylic acids is 1. The van der Waals surface area contributed by atoms with E-state index < -0.39 is 5.97 Å². The van der Waals surface area contributed by atoms with Crippen LogP contribution in [0.1, 0.15) is 20.8 Å². The molecule has 0 aliphatic carbocycles. The van der Waals surface area contributed by atoms with E-state index in [1.54, 1.807) is 11.9 Å². The summed E-state index contributed by atoms with van der Waals surface area (Å²) >= 11 is 0. The van der Waals surface area contributed by atoms with Gasteiger partial charge in [0.25, 0.3) is 0 Å². The Kier molecular flexibility index (Phi) is 7.35. The Morgan fingerprint density at radius 2 is 1.83 bits per heavy atom. The standard InChI is InChI=1S/C12H24N2O4/c1-9(2)10(3)13(4)12(17)14(6-7-18-5)8-11(15)16/h9-10H,6-8H2,1-5H3,(H,15,16). The van der Waals surface area contributed by atoms with Crippen molar-refractivity contribution in [3.63, 3.8) is 0 Å². The fourth-order valence-electron chi connectivity index (χ4n) is 1.45. The highest BCUT2D eigenvalue weighted by atomic mass is 16.5. The van der Waals surface area contributed by atoms with Gasteiger partial charge in [-0.2, -0.15) is 0 Å². The normalized spacial score (nSPS) is 12.3. The van der Waals surface area contributed by atoms with Crippen LogP contribution in [0.2, 0.25) is 0 Å². The highest BCUT2D eigenvalue weighted by Crippen LogP contribution is 2.10. The minimum absolute atomic E-state index is 0.0522. The van der Waals surface area contributed by atoms with Crippen molar-refractivity contribution < 1.29 is 19.4 Å². The van der Waals surface area contributed by atoms with Crippen LogP contribution in [0.4, 0.5) is 4.79 Å². The summed E-state index contributed by atoms with van der Waals surface area (Å²) in [6.45, 7) is 6.27. The van der Waals surface area contributed by atoms with Crippen LogP contribution in [0.3, 0.4) is 0 Å². The maximum absolute atomic E-state index is 12.2. The minimum atomic E-state index is -1.02. The summed E-state index contributed by atoms with van der Waals surface area (Å²) in [5, 5.41) is 8.81. The molecule has 0 bridgehead atoms. The molecule has 0 aromatic carbocycles. The molecule has 6 heteroatoms. The molecule has 0 fully saturated rings. The molecule has 1 unspecified atom stereocenters. The van der Waals surface area contributed by atoms with Gasteiger partial charge in [-0.15, -0.1) is 0 Å². The summed E-state index contributed by atoms with van der Waals surface area (Å²) in [5.41, 5.74) is 0. The van der Waals surface area contributed by atoms with Crippen LogP contribution in [0.5, 0.6) is 0 Å². The molecule has 1 atom stereocenters. The van der Waals surface area contributed by atoms with Crippen LogP contribution in [-0.2, 0) is 9.53 Å². The highest BCUT2D eigenvalue weighted by Gasteiger charge is 2.24. The van der Waals surface area contributed by atoms with Gasteiger partial charge in [-0.3, -0.25) is 4.79 Å². The Morgan fingerprint density at radius 3 is 2.22 bits per heavy atom. The third-order valence-electron chi connectivity index (χ3n) is 3.04. The Morgan fingerprint density at radius 1 is 1.28 bits per heavy atom. The van der Waals surface area contributed by atoms with Crippen LogP contribution in [0.25, 0.3) is 0 Å². The predicted molar refractivity (Wildman–Crippen MR) is 68.5 cm³/mol. The number of amides is 2. The first-order valence-corrected chi connectivity index (χ1v) is 6.03. The average molecular weight is 260 g/mol. The Bertz CT molecular complexity index is 281. The molecule has 6 nitrogen and oxygen atoms in total. The van der Waals surface area contributed by atoms with Gasteiger partial charge in [-0.05, 0) is 12.8 Å². The van der Waals surface area contributed by atoms with E-state index >= 15 is 0 Å². The SMILES string of the molecule is COCCN(CC(=O)O)C(=O)N(C)C(C)C(C)C. The number of ether oxygens (including phenoxy) is 1. The first-order valence-electron chi connectivity index (χ1n) is 6.03. The van der Waals surface area contributed by atoms with Crippen LogP contribution in [0.15, 0.2) is 0 Å². The molecule has 0 aliphatic rings. The number of carboxylic acids is 1. The zero-order valence-electron chi connectivity index (χ0n) is 11.8. The minimum Gasteiger partial charge on any atom is -0.480 e. The van der Waals surface area contributed by atoms with Gasteiger partial charge < -0.3 is 19.6 Å². The predicted octanol–water partition coefficient (Wildman–Crippen LogP) is 1.12. The van der Waals surface area contributed by atoms with Crippen molar-refractivity contribution in [2.45, 2.75) is 26.8 Å². The number of rotatable bonds is 7. The second-order valence-corrected chi connectivity index (χ2v) is 4.69. The largest absolute Gasteiger partial charge is 0.480 e. The maximum Gasteiger partial charge on any atom is 0.323 e. The fourth-order valence-corrected chi connectivity index (χ4v) is 1.45. The summed E-state index contributed by atoms with van der Waals surface area (Å²) in [6.07, 6.45) is 0. The monoisotopic (exact) mass is 260 g/mol. The van der Waals surface area contributed by atoms with Gasteiger partial charge in [-0.25, -0.2) is 4.79 Å². The maximum atomic E-state index is 12.2. The van der Waals surface area contributed by atoms with E-state index in [-0.39, 0.29) is 25.2 Å². The Balaban J connectivity index is 4.66. The third-order valence-corrected chi connectivity index (χ3v) is 3.04. The number of nitrogens with zero attached hydrogens (tertiary/aromatic N) is 2. The molecule has 0 spiro atoms. The lowest BCUT2D eigenvalue weighted by Crippen LogP contribution is -2.49. The van der Waals surface area contributed by atoms with Gasteiger partial charge >= 0.3 is 12.0 Å². The van der Waals surface area contributed by atoms with E-state index in [9.17, 15) is 9.59 Å². The lowest BCUT2D eigenvalue weighted by atomic mass is 10.1. The lowest BCUT2D eigenvalue weighted by molar-refractivity contribution is -0.137. The van der Waals surface area contributed by atoms with Crippen molar-refractivity contribution in [3.05, 3.63) is 0 Å². The first-order chi connectivity index (χ1) is 8.31. The number of urea groups is 1. The molecule has 0 radical (unpaired) electrons. The fraction of sp³-hybridized carbons (Fsp3) is 0.833. The van der Waals surface area contributed by atoms with Crippen LogP contribution in [0, 0.1) is 5.92 Å². The number of carboxylic acid groups (broad SMARTS) is 1. The van der Waals surface area contributed by atoms with Crippen molar-refractivity contribution >= 4 is 12.0 Å². The quantitative estimate of drug-likeness (QED) is 0.744. The molecule has 0 rings (SSSR count). The Labute approximate surface area is 109 Å². The summed E-state index contributed by atoms with van der Waals surface area (Å²) in [5.74, 6) is -0.710. The van der Waals surface area contributed by atoms with Crippen molar-refractivity contribution in [2.75, 3.05) is 33.9 Å². The van der Waals surface area contributed by atoms with Crippen molar-refractivity contribution in [1.82, 2.24) is 9.80 Å². The molecular weight excluding hydrogens is 236 g/mol. The summed E-state index contributed by atoms with van der Waals surface area (Å²) in [6, 6.07) is -0.230. The number of hydrogen-bond acceptors (Lipinski definition) is 3. The number of hydrogen-bond donors (Lipinski definition) is 1. The lowest BCUT2D eigenvalue weighted by Gasteiger charge is -2.32. The van der Waals surface area contributed by atoms with Crippen LogP contribution in [-0.4, -0.2) is 66.8 Å². The number of methoxy groups -OCH3 is 1. The average Bonchev–Trinajstić information content (AvgIpc) is 2.30. The van der Waals surface area contributed by atoms with Crippen molar-refractivity contribution in [1.29, 1.82) is 0 Å². The van der Waals surface area contributed by atoms with E-state index in [0.717, 1.165) is 0 Å². The first kappa shape index (κ1) is 16.7. The number of carbonyl (C=O) groups excluding carboxylic acids is 1. The topological polar surface area (TPSA) is 70.1 Å². The second-order valence-electron chi connectivity index (χ2n) is 4.69. The molecule has 1 N–H and O–H groups in total. The van der Waals surface area contributed by atoms with Gasteiger partial charge in [0.2, 0.25) is 0 Å². The molecule has 0 heterocycles. The van der Waals surface area contributed by atoms with Crippen LogP contribution < -0.4 is 0 Å². The van der Waals surface area contributed by atoms with Gasteiger partial charge in [0.15, 0.2) is 0 Å². The van der Waals surface area contributed by atoms with E-state index in [0.29, 0.717) is 12.5 Å². The summed E-state index contributed by atoms with van der Waals surface area (Å²) < 4.78 is 4.89. The van der Waals surface area contributed by atoms with Crippen molar-refractivity contribution in [2.24, 2.45) is 5.92 Å². The smallest absolute Gasteiger partial charge is 0.323 e. The molecule has 0 aromatic rings. The molecule has 0 aromatic heterocycles. The number of carbonyl (C=O) groups is 2. The molecule has 18 heavy (non-hydrogen) atoms. The summed E-state index contributed by atoms with van der Waals surface area (Å²) in [7, 11) is 3.21. The Hall–Kier alpha value is -1.30.